The second-order valence-corrected chi connectivity index (χ2v) is 7.45. The van der Waals surface area contributed by atoms with Crippen LogP contribution in [0, 0.1) is 12.7 Å². The molecule has 2 aromatic carbocycles. The van der Waals surface area contributed by atoms with Gasteiger partial charge in [0.2, 0.25) is 0 Å². The molecule has 1 N–H and O–H groups in total. The summed E-state index contributed by atoms with van der Waals surface area (Å²) >= 11 is 11.4. The van der Waals surface area contributed by atoms with Crippen LogP contribution in [0.2, 0.25) is 5.02 Å². The summed E-state index contributed by atoms with van der Waals surface area (Å²) in [5.74, 6) is -0.370. The fraction of sp³-hybridized carbons (Fsp3) is 0.350. The topological polar surface area (TPSA) is 18.5 Å². The number of nitrogens with one attached hydrogen (secondary N) is 1. The van der Waals surface area contributed by atoms with Crippen molar-refractivity contribution in [3.63, 3.8) is 0 Å². The molecule has 2 aromatic rings. The van der Waals surface area contributed by atoms with E-state index in [1.54, 1.807) is 12.1 Å². The molecule has 0 saturated carbocycles. The Kier molecular flexibility index (Phi) is 6.46. The maximum Gasteiger partial charge on any atom is 0.169 e. The molecule has 26 heavy (non-hydrogen) atoms. The summed E-state index contributed by atoms with van der Waals surface area (Å²) in [5.41, 5.74) is 3.52. The summed E-state index contributed by atoms with van der Waals surface area (Å²) in [4.78, 5) is 4.54. The van der Waals surface area contributed by atoms with Crippen molar-refractivity contribution in [3.8, 4) is 0 Å². The van der Waals surface area contributed by atoms with E-state index < -0.39 is 0 Å². The maximum absolute atomic E-state index is 13.3. The molecule has 0 aromatic heterocycles. The zero-order chi connectivity index (χ0) is 18.5. The Balaban J connectivity index is 1.44. The van der Waals surface area contributed by atoms with Crippen LogP contribution in [-0.2, 0) is 13.1 Å². The molecule has 0 bridgehead atoms. The molecule has 0 aliphatic carbocycles. The van der Waals surface area contributed by atoms with Gasteiger partial charge in [-0.05, 0) is 42.4 Å². The summed E-state index contributed by atoms with van der Waals surface area (Å²) < 4.78 is 13.3. The van der Waals surface area contributed by atoms with Gasteiger partial charge in [-0.25, -0.2) is 4.39 Å². The number of aryl methyl sites for hydroxylation is 1. The highest BCUT2D eigenvalue weighted by Crippen LogP contribution is 2.18. The lowest BCUT2D eigenvalue weighted by atomic mass is 10.1. The van der Waals surface area contributed by atoms with Gasteiger partial charge in [0.15, 0.2) is 5.11 Å². The third-order valence-electron chi connectivity index (χ3n) is 4.61. The van der Waals surface area contributed by atoms with Crippen LogP contribution in [-0.4, -0.2) is 41.1 Å². The first kappa shape index (κ1) is 19.1. The monoisotopic (exact) mass is 391 g/mol. The number of benzene rings is 2. The Bertz CT molecular complexity index is 758. The Hall–Kier alpha value is -1.69. The molecule has 0 spiro atoms. The number of thiocarbonyl (C=S) groups is 1. The van der Waals surface area contributed by atoms with Gasteiger partial charge >= 0.3 is 0 Å². The van der Waals surface area contributed by atoms with Gasteiger partial charge in [0.1, 0.15) is 5.82 Å². The Morgan fingerprint density at radius 1 is 1.08 bits per heavy atom. The van der Waals surface area contributed by atoms with Crippen molar-refractivity contribution in [2.24, 2.45) is 0 Å². The normalized spacial score (nSPS) is 15.1. The van der Waals surface area contributed by atoms with Crippen LogP contribution < -0.4 is 5.32 Å². The molecule has 0 atom stereocenters. The fourth-order valence-electron chi connectivity index (χ4n) is 3.00. The van der Waals surface area contributed by atoms with Crippen LogP contribution in [0.25, 0.3) is 0 Å². The SMILES string of the molecule is Cc1ccc(CNC(=S)N2CCN(Cc3ccc(F)c(Cl)c3)CC2)cc1. The van der Waals surface area contributed by atoms with Crippen LogP contribution in [0.3, 0.4) is 0 Å². The summed E-state index contributed by atoms with van der Waals surface area (Å²) in [7, 11) is 0. The average molecular weight is 392 g/mol. The van der Waals surface area contributed by atoms with Gasteiger partial charge in [0.25, 0.3) is 0 Å². The molecule has 138 valence electrons. The highest BCUT2D eigenvalue weighted by Gasteiger charge is 2.19. The Morgan fingerprint density at radius 3 is 2.38 bits per heavy atom. The van der Waals surface area contributed by atoms with Crippen molar-refractivity contribution in [1.29, 1.82) is 0 Å². The first-order valence-corrected chi connectivity index (χ1v) is 9.54. The highest BCUT2D eigenvalue weighted by atomic mass is 35.5. The second kappa shape index (κ2) is 8.80. The summed E-state index contributed by atoms with van der Waals surface area (Å²) in [6, 6.07) is 13.4. The number of rotatable bonds is 4. The van der Waals surface area contributed by atoms with E-state index in [0.717, 1.165) is 49.9 Å². The van der Waals surface area contributed by atoms with E-state index >= 15 is 0 Å². The lowest BCUT2D eigenvalue weighted by Crippen LogP contribution is -2.51. The van der Waals surface area contributed by atoms with Crippen molar-refractivity contribution < 1.29 is 4.39 Å². The van der Waals surface area contributed by atoms with E-state index in [4.69, 9.17) is 23.8 Å². The zero-order valence-corrected chi connectivity index (χ0v) is 16.4. The summed E-state index contributed by atoms with van der Waals surface area (Å²) in [6.45, 7) is 7.21. The van der Waals surface area contributed by atoms with Gasteiger partial charge in [-0.15, -0.1) is 0 Å². The van der Waals surface area contributed by atoms with Gasteiger partial charge in [-0.2, -0.15) is 0 Å². The molecule has 0 radical (unpaired) electrons. The molecule has 1 aliphatic heterocycles. The van der Waals surface area contributed by atoms with Crippen LogP contribution in [0.1, 0.15) is 16.7 Å². The minimum absolute atomic E-state index is 0.183. The highest BCUT2D eigenvalue weighted by molar-refractivity contribution is 7.80. The van der Waals surface area contributed by atoms with Crippen molar-refractivity contribution >= 4 is 28.9 Å². The predicted octanol–water partition coefficient (Wildman–Crippen LogP) is 3.98. The molecule has 1 aliphatic rings. The third-order valence-corrected chi connectivity index (χ3v) is 5.31. The lowest BCUT2D eigenvalue weighted by Gasteiger charge is -2.36. The molecule has 1 fully saturated rings. The standard InChI is InChI=1S/C20H23ClFN3S/c1-15-2-4-16(5-3-15)13-23-20(26)25-10-8-24(9-11-25)14-17-6-7-19(22)18(21)12-17/h2-7,12H,8-11,13-14H2,1H3,(H,23,26). The first-order valence-electron chi connectivity index (χ1n) is 8.76. The minimum Gasteiger partial charge on any atom is -0.358 e. The van der Waals surface area contributed by atoms with Crippen LogP contribution in [0.5, 0.6) is 0 Å². The summed E-state index contributed by atoms with van der Waals surface area (Å²) in [6.07, 6.45) is 0. The molecule has 1 saturated heterocycles. The number of nitrogens with zero attached hydrogens (tertiary/aromatic N) is 2. The predicted molar refractivity (Wildman–Crippen MR) is 109 cm³/mol. The molecule has 1 heterocycles. The van der Waals surface area contributed by atoms with Crippen molar-refractivity contribution in [3.05, 3.63) is 70.0 Å². The largest absolute Gasteiger partial charge is 0.358 e. The van der Waals surface area contributed by atoms with Crippen LogP contribution in [0.4, 0.5) is 4.39 Å². The Labute approximate surface area is 164 Å². The van der Waals surface area contributed by atoms with Crippen LogP contribution >= 0.6 is 23.8 Å². The van der Waals surface area contributed by atoms with E-state index in [2.05, 4.69) is 46.3 Å². The number of halogens is 2. The van der Waals surface area contributed by atoms with E-state index in [1.165, 1.54) is 17.2 Å². The minimum atomic E-state index is -0.370. The van der Waals surface area contributed by atoms with E-state index in [0.29, 0.717) is 0 Å². The van der Waals surface area contributed by atoms with E-state index in [9.17, 15) is 4.39 Å². The fourth-order valence-corrected chi connectivity index (χ4v) is 3.46. The zero-order valence-electron chi connectivity index (χ0n) is 14.8. The molecule has 0 amide bonds. The van der Waals surface area contributed by atoms with Crippen molar-refractivity contribution in [2.75, 3.05) is 26.2 Å². The first-order chi connectivity index (χ1) is 12.5. The molecular formula is C20H23ClFN3S. The molecule has 3 rings (SSSR count). The van der Waals surface area contributed by atoms with Gasteiger partial charge in [0.05, 0.1) is 5.02 Å². The second-order valence-electron chi connectivity index (χ2n) is 6.66. The smallest absolute Gasteiger partial charge is 0.169 e. The van der Waals surface area contributed by atoms with Gasteiger partial charge < -0.3 is 10.2 Å². The number of hydrogen-bond acceptors (Lipinski definition) is 2. The third kappa shape index (κ3) is 5.16. The average Bonchev–Trinajstić information content (AvgIpc) is 2.65. The number of piperazine rings is 1. The lowest BCUT2D eigenvalue weighted by molar-refractivity contribution is 0.174. The molecule has 6 heteroatoms. The van der Waals surface area contributed by atoms with E-state index in [1.807, 2.05) is 0 Å². The number of hydrogen-bond donors (Lipinski definition) is 1. The van der Waals surface area contributed by atoms with Gasteiger partial charge in [0, 0.05) is 39.3 Å². The van der Waals surface area contributed by atoms with Gasteiger partial charge in [-0.3, -0.25) is 4.90 Å². The van der Waals surface area contributed by atoms with Crippen molar-refractivity contribution in [1.82, 2.24) is 15.1 Å². The molecular weight excluding hydrogens is 369 g/mol. The molecule has 0 unspecified atom stereocenters. The Morgan fingerprint density at radius 2 is 1.73 bits per heavy atom. The maximum atomic E-state index is 13.3. The molecule has 3 nitrogen and oxygen atoms in total. The van der Waals surface area contributed by atoms with Crippen molar-refractivity contribution in [2.45, 2.75) is 20.0 Å². The van der Waals surface area contributed by atoms with Crippen LogP contribution in [0.15, 0.2) is 42.5 Å². The summed E-state index contributed by atoms with van der Waals surface area (Å²) in [5, 5.41) is 4.33. The van der Waals surface area contributed by atoms with Gasteiger partial charge in [-0.1, -0.05) is 47.5 Å². The van der Waals surface area contributed by atoms with E-state index in [-0.39, 0.29) is 10.8 Å². The quantitative estimate of drug-likeness (QED) is 0.794.